The molecule has 21 heavy (non-hydrogen) atoms. The summed E-state index contributed by atoms with van der Waals surface area (Å²) in [7, 11) is 1.50. The van der Waals surface area contributed by atoms with Crippen LogP contribution in [0.25, 0.3) is 11.1 Å². The smallest absolute Gasteiger partial charge is 0.0912 e. The van der Waals surface area contributed by atoms with E-state index in [1.165, 1.54) is 0 Å². The van der Waals surface area contributed by atoms with Crippen LogP contribution in [0.15, 0.2) is 48.5 Å². The van der Waals surface area contributed by atoms with Gasteiger partial charge in [0.25, 0.3) is 0 Å². The fourth-order valence-electron chi connectivity index (χ4n) is 1.71. The number of benzene rings is 2. The maximum atomic E-state index is 9.59. The molecule has 1 atom stereocenters. The minimum Gasteiger partial charge on any atom is -0.400 e. The summed E-state index contributed by atoms with van der Waals surface area (Å²) in [4.78, 5) is 0. The zero-order chi connectivity index (χ0) is 16.3. The molecule has 0 heterocycles. The standard InChI is InChI=1S/C14H16N2O.CH3F.CH4O/c15-9-14(17)12-3-1-10(2-4-12)11-5-7-13(16)8-6-11;2*1-2/h1-8,14,17H,9,15-16H2;1H3;2H,1H3. The number of hydrogen-bond acceptors (Lipinski definition) is 4. The molecule has 1 unspecified atom stereocenters. The Morgan fingerprint density at radius 1 is 0.905 bits per heavy atom. The number of halogens is 1. The minimum atomic E-state index is -0.588. The monoisotopic (exact) mass is 294 g/mol. The molecule has 4 nitrogen and oxygen atoms in total. The fourth-order valence-corrected chi connectivity index (χ4v) is 1.71. The van der Waals surface area contributed by atoms with Crippen molar-refractivity contribution in [2.24, 2.45) is 5.73 Å². The summed E-state index contributed by atoms with van der Waals surface area (Å²) in [6, 6.07) is 15.4. The van der Waals surface area contributed by atoms with E-state index in [4.69, 9.17) is 16.6 Å². The van der Waals surface area contributed by atoms with Crippen LogP contribution < -0.4 is 11.5 Å². The van der Waals surface area contributed by atoms with E-state index in [9.17, 15) is 9.50 Å². The Bertz CT molecular complexity index is 487. The van der Waals surface area contributed by atoms with Crippen LogP contribution in [0.1, 0.15) is 11.7 Å². The van der Waals surface area contributed by atoms with Crippen molar-refractivity contribution >= 4 is 5.69 Å². The van der Waals surface area contributed by atoms with Crippen LogP contribution in [-0.2, 0) is 0 Å². The van der Waals surface area contributed by atoms with Crippen LogP contribution in [-0.4, -0.2) is 31.0 Å². The van der Waals surface area contributed by atoms with Crippen LogP contribution in [0.4, 0.5) is 10.1 Å². The van der Waals surface area contributed by atoms with Crippen molar-refractivity contribution < 1.29 is 14.6 Å². The summed E-state index contributed by atoms with van der Waals surface area (Å²) in [5, 5.41) is 16.6. The molecule has 0 fully saturated rings. The third kappa shape index (κ3) is 5.91. The van der Waals surface area contributed by atoms with Crippen molar-refractivity contribution in [2.75, 3.05) is 26.6 Å². The van der Waals surface area contributed by atoms with Gasteiger partial charge in [0.15, 0.2) is 0 Å². The Hall–Kier alpha value is -1.95. The predicted molar refractivity (Wildman–Crippen MR) is 85.5 cm³/mol. The second-order valence-corrected chi connectivity index (χ2v) is 4.00. The van der Waals surface area contributed by atoms with Crippen LogP contribution in [0, 0.1) is 0 Å². The second-order valence-electron chi connectivity index (χ2n) is 4.00. The van der Waals surface area contributed by atoms with E-state index in [1.807, 2.05) is 48.5 Å². The first-order valence-electron chi connectivity index (χ1n) is 6.37. The number of rotatable bonds is 3. The molecule has 0 saturated heterocycles. The van der Waals surface area contributed by atoms with E-state index in [0.717, 1.165) is 29.5 Å². The van der Waals surface area contributed by atoms with Gasteiger partial charge in [0.1, 0.15) is 0 Å². The van der Waals surface area contributed by atoms with Gasteiger partial charge in [0.2, 0.25) is 0 Å². The number of anilines is 1. The summed E-state index contributed by atoms with van der Waals surface area (Å²) in [6.07, 6.45) is -0.588. The Kier molecular flexibility index (Phi) is 9.79. The first-order chi connectivity index (χ1) is 10.2. The van der Waals surface area contributed by atoms with Crippen molar-refractivity contribution in [3.8, 4) is 11.1 Å². The van der Waals surface area contributed by atoms with Gasteiger partial charge in [-0.15, -0.1) is 0 Å². The molecule has 116 valence electrons. The molecule has 0 saturated carbocycles. The highest BCUT2D eigenvalue weighted by Crippen LogP contribution is 2.22. The third-order valence-corrected chi connectivity index (χ3v) is 2.76. The van der Waals surface area contributed by atoms with Gasteiger partial charge in [0, 0.05) is 19.3 Å². The maximum Gasteiger partial charge on any atom is 0.0912 e. The van der Waals surface area contributed by atoms with E-state index in [2.05, 4.69) is 0 Å². The van der Waals surface area contributed by atoms with Gasteiger partial charge < -0.3 is 21.7 Å². The normalized spacial score (nSPS) is 10.6. The molecule has 0 radical (unpaired) electrons. The summed E-state index contributed by atoms with van der Waals surface area (Å²) in [6.45, 7) is 0.237. The lowest BCUT2D eigenvalue weighted by molar-refractivity contribution is 0.187. The summed E-state index contributed by atoms with van der Waals surface area (Å²) in [5.41, 5.74) is 14.8. The molecule has 2 aromatic rings. The lowest BCUT2D eigenvalue weighted by Gasteiger charge is -2.09. The topological polar surface area (TPSA) is 92.5 Å². The maximum absolute atomic E-state index is 9.59. The zero-order valence-corrected chi connectivity index (χ0v) is 12.3. The van der Waals surface area contributed by atoms with Gasteiger partial charge in [-0.25, -0.2) is 0 Å². The number of alkyl halides is 1. The molecule has 0 aliphatic rings. The molecule has 2 aromatic carbocycles. The summed E-state index contributed by atoms with van der Waals surface area (Å²) in [5.74, 6) is 0. The fraction of sp³-hybridized carbons (Fsp3) is 0.250. The third-order valence-electron chi connectivity index (χ3n) is 2.76. The molecule has 0 aromatic heterocycles. The number of nitrogens with two attached hydrogens (primary N) is 2. The van der Waals surface area contributed by atoms with Crippen molar-refractivity contribution in [3.63, 3.8) is 0 Å². The molecule has 5 heteroatoms. The summed E-state index contributed by atoms with van der Waals surface area (Å²) < 4.78 is 9.50. The Morgan fingerprint density at radius 3 is 1.67 bits per heavy atom. The highest BCUT2D eigenvalue weighted by Gasteiger charge is 2.04. The van der Waals surface area contributed by atoms with Crippen molar-refractivity contribution in [2.45, 2.75) is 6.10 Å². The molecule has 0 aliphatic carbocycles. The highest BCUT2D eigenvalue weighted by atomic mass is 19.1. The zero-order valence-electron chi connectivity index (χ0n) is 12.3. The van der Waals surface area contributed by atoms with Gasteiger partial charge in [0.05, 0.1) is 13.3 Å². The van der Waals surface area contributed by atoms with E-state index in [-0.39, 0.29) is 6.54 Å². The second kappa shape index (κ2) is 10.8. The first kappa shape index (κ1) is 19.1. The molecule has 0 amide bonds. The number of aliphatic hydroxyl groups is 2. The van der Waals surface area contributed by atoms with Gasteiger partial charge >= 0.3 is 0 Å². The van der Waals surface area contributed by atoms with Crippen molar-refractivity contribution in [3.05, 3.63) is 54.1 Å². The Morgan fingerprint density at radius 2 is 1.29 bits per heavy atom. The van der Waals surface area contributed by atoms with Gasteiger partial charge in [-0.2, -0.15) is 0 Å². The average Bonchev–Trinajstić information content (AvgIpc) is 2.58. The number of hydrogen-bond donors (Lipinski definition) is 4. The van der Waals surface area contributed by atoms with E-state index >= 15 is 0 Å². The Labute approximate surface area is 124 Å². The lowest BCUT2D eigenvalue weighted by atomic mass is 10.0. The van der Waals surface area contributed by atoms with Gasteiger partial charge in [-0.3, -0.25) is 4.39 Å². The number of nitrogen functional groups attached to an aromatic ring is 1. The highest BCUT2D eigenvalue weighted by molar-refractivity contribution is 5.65. The average molecular weight is 294 g/mol. The van der Waals surface area contributed by atoms with Crippen LogP contribution in [0.5, 0.6) is 0 Å². The molecule has 6 N–H and O–H groups in total. The van der Waals surface area contributed by atoms with Gasteiger partial charge in [-0.1, -0.05) is 36.4 Å². The van der Waals surface area contributed by atoms with Crippen LogP contribution in [0.3, 0.4) is 0 Å². The summed E-state index contributed by atoms with van der Waals surface area (Å²) >= 11 is 0. The SMILES string of the molecule is CF.CO.NCC(O)c1ccc(-c2ccc(N)cc2)cc1. The largest absolute Gasteiger partial charge is 0.400 e. The minimum absolute atomic E-state index is 0.237. The molecule has 0 bridgehead atoms. The molecular formula is C16H23FN2O2. The Balaban J connectivity index is 0.000000921. The van der Waals surface area contributed by atoms with Crippen LogP contribution >= 0.6 is 0 Å². The number of aliphatic hydroxyl groups excluding tert-OH is 2. The van der Waals surface area contributed by atoms with Crippen molar-refractivity contribution in [1.29, 1.82) is 0 Å². The molecule has 0 spiro atoms. The van der Waals surface area contributed by atoms with Gasteiger partial charge in [-0.05, 0) is 28.8 Å². The molecular weight excluding hydrogens is 271 g/mol. The lowest BCUT2D eigenvalue weighted by Crippen LogP contribution is -2.11. The molecule has 0 aliphatic heterocycles. The molecule has 2 rings (SSSR count). The van der Waals surface area contributed by atoms with E-state index in [1.54, 1.807) is 0 Å². The van der Waals surface area contributed by atoms with E-state index < -0.39 is 6.10 Å². The van der Waals surface area contributed by atoms with Crippen molar-refractivity contribution in [1.82, 2.24) is 0 Å². The predicted octanol–water partition coefficient (Wildman–Crippen LogP) is 2.12. The van der Waals surface area contributed by atoms with E-state index in [0.29, 0.717) is 7.18 Å². The first-order valence-corrected chi connectivity index (χ1v) is 6.37. The quantitative estimate of drug-likeness (QED) is 0.652. The van der Waals surface area contributed by atoms with Crippen LogP contribution in [0.2, 0.25) is 0 Å².